The van der Waals surface area contributed by atoms with Gasteiger partial charge in [0, 0.05) is 0 Å². The maximum Gasteiger partial charge on any atom is 0.307 e. The smallest absolute Gasteiger partial charge is 0.307 e. The Kier molecular flexibility index (Phi) is 4.28. The lowest BCUT2D eigenvalue weighted by Gasteiger charge is -2.28. The molecule has 2 aliphatic rings. The summed E-state index contributed by atoms with van der Waals surface area (Å²) in [6.07, 6.45) is 2.80. The minimum Gasteiger partial charge on any atom is -0.497 e. The number of rotatable bonds is 5. The van der Waals surface area contributed by atoms with Crippen molar-refractivity contribution in [2.45, 2.75) is 32.2 Å². The summed E-state index contributed by atoms with van der Waals surface area (Å²) in [5.74, 6) is -0.675. The van der Waals surface area contributed by atoms with E-state index in [1.165, 1.54) is 0 Å². The van der Waals surface area contributed by atoms with E-state index in [4.69, 9.17) is 4.74 Å². The van der Waals surface area contributed by atoms with E-state index in [0.29, 0.717) is 0 Å². The van der Waals surface area contributed by atoms with Crippen LogP contribution >= 0.6 is 0 Å². The van der Waals surface area contributed by atoms with E-state index >= 15 is 0 Å². The number of hydrogen-bond acceptors (Lipinski definition) is 3. The number of carboxylic acids is 1. The van der Waals surface area contributed by atoms with Gasteiger partial charge in [0.15, 0.2) is 0 Å². The van der Waals surface area contributed by atoms with Crippen LogP contribution in [0.3, 0.4) is 0 Å². The van der Waals surface area contributed by atoms with Crippen molar-refractivity contribution < 1.29 is 19.4 Å². The lowest BCUT2D eigenvalue weighted by atomic mass is 9.78. The van der Waals surface area contributed by atoms with Crippen LogP contribution in [0.5, 0.6) is 5.75 Å². The summed E-state index contributed by atoms with van der Waals surface area (Å²) in [5.41, 5.74) is 0.981. The van der Waals surface area contributed by atoms with Gasteiger partial charge in [-0.05, 0) is 55.7 Å². The Morgan fingerprint density at radius 2 is 1.78 bits per heavy atom. The second-order valence-electron chi connectivity index (χ2n) is 6.73. The molecule has 5 heteroatoms. The molecule has 23 heavy (non-hydrogen) atoms. The zero-order valence-corrected chi connectivity index (χ0v) is 13.5. The highest BCUT2D eigenvalue weighted by Crippen LogP contribution is 2.52. The van der Waals surface area contributed by atoms with Gasteiger partial charge in [-0.25, -0.2) is 0 Å². The summed E-state index contributed by atoms with van der Waals surface area (Å²) in [6.45, 7) is 1.92. The first-order valence-corrected chi connectivity index (χ1v) is 8.18. The van der Waals surface area contributed by atoms with Crippen LogP contribution in [-0.4, -0.2) is 24.1 Å². The van der Waals surface area contributed by atoms with E-state index in [1.54, 1.807) is 7.11 Å². The van der Waals surface area contributed by atoms with Crippen LogP contribution in [-0.2, 0) is 9.59 Å². The number of amides is 1. The number of carbonyl (C=O) groups excluding carboxylic acids is 1. The Morgan fingerprint density at radius 3 is 2.35 bits per heavy atom. The fourth-order valence-electron chi connectivity index (χ4n) is 4.31. The summed E-state index contributed by atoms with van der Waals surface area (Å²) in [4.78, 5) is 24.2. The van der Waals surface area contributed by atoms with Gasteiger partial charge < -0.3 is 15.2 Å². The van der Waals surface area contributed by atoms with E-state index in [2.05, 4.69) is 5.32 Å². The Bertz CT molecular complexity index is 598. The zero-order valence-electron chi connectivity index (χ0n) is 13.5. The molecule has 0 aliphatic heterocycles. The van der Waals surface area contributed by atoms with Gasteiger partial charge in [-0.1, -0.05) is 12.1 Å². The predicted octanol–water partition coefficient (Wildman–Crippen LogP) is 2.62. The Hall–Kier alpha value is -2.04. The van der Waals surface area contributed by atoms with Crippen molar-refractivity contribution in [1.82, 2.24) is 5.32 Å². The molecule has 5 nitrogen and oxygen atoms in total. The van der Waals surface area contributed by atoms with Gasteiger partial charge in [0.1, 0.15) is 5.75 Å². The number of hydrogen-bond donors (Lipinski definition) is 2. The third-order valence-corrected chi connectivity index (χ3v) is 5.48. The second-order valence-corrected chi connectivity index (χ2v) is 6.73. The summed E-state index contributed by atoms with van der Waals surface area (Å²) in [6, 6.07) is 7.39. The SMILES string of the molecule is COc1ccc([C@H](C)NC(=O)[C@@H]2[C@H]3CC[C@@H](C3)[C@@H]2C(=O)O)cc1. The third-order valence-electron chi connectivity index (χ3n) is 5.48. The Morgan fingerprint density at radius 1 is 1.17 bits per heavy atom. The van der Waals surface area contributed by atoms with Crippen LogP contribution in [0, 0.1) is 23.7 Å². The van der Waals surface area contributed by atoms with Crippen molar-refractivity contribution in [1.29, 1.82) is 0 Å². The maximum absolute atomic E-state index is 12.7. The van der Waals surface area contributed by atoms with E-state index in [-0.39, 0.29) is 29.7 Å². The molecule has 2 N–H and O–H groups in total. The number of methoxy groups -OCH3 is 1. The van der Waals surface area contributed by atoms with E-state index in [9.17, 15) is 14.7 Å². The summed E-state index contributed by atoms with van der Waals surface area (Å²) in [7, 11) is 1.61. The molecule has 124 valence electrons. The van der Waals surface area contributed by atoms with Crippen molar-refractivity contribution in [3.8, 4) is 5.75 Å². The molecule has 0 saturated heterocycles. The quantitative estimate of drug-likeness (QED) is 0.875. The molecule has 2 fully saturated rings. The first-order chi connectivity index (χ1) is 11.0. The Balaban J connectivity index is 1.69. The van der Waals surface area contributed by atoms with Crippen LogP contribution < -0.4 is 10.1 Å². The van der Waals surface area contributed by atoms with Crippen LogP contribution in [0.25, 0.3) is 0 Å². The molecule has 1 amide bonds. The minimum atomic E-state index is -0.825. The van der Waals surface area contributed by atoms with Crippen molar-refractivity contribution in [3.63, 3.8) is 0 Å². The molecular weight excluding hydrogens is 294 g/mol. The molecule has 1 aromatic carbocycles. The maximum atomic E-state index is 12.7. The van der Waals surface area contributed by atoms with Gasteiger partial charge in [-0.15, -0.1) is 0 Å². The second kappa shape index (κ2) is 6.22. The van der Waals surface area contributed by atoms with Gasteiger partial charge in [0.05, 0.1) is 25.0 Å². The van der Waals surface area contributed by atoms with Gasteiger partial charge in [-0.3, -0.25) is 9.59 Å². The van der Waals surface area contributed by atoms with Crippen LogP contribution in [0.4, 0.5) is 0 Å². The molecule has 3 rings (SSSR count). The largest absolute Gasteiger partial charge is 0.497 e. The highest BCUT2D eigenvalue weighted by atomic mass is 16.5. The highest BCUT2D eigenvalue weighted by Gasteiger charge is 2.54. The zero-order chi connectivity index (χ0) is 16.6. The summed E-state index contributed by atoms with van der Waals surface area (Å²) in [5, 5.41) is 12.5. The summed E-state index contributed by atoms with van der Waals surface area (Å²) < 4.78 is 5.13. The fourth-order valence-corrected chi connectivity index (χ4v) is 4.31. The molecule has 5 atom stereocenters. The van der Waals surface area contributed by atoms with Gasteiger partial charge in [0.2, 0.25) is 5.91 Å². The van der Waals surface area contributed by atoms with Crippen LogP contribution in [0.2, 0.25) is 0 Å². The standard InChI is InChI=1S/C18H23NO4/c1-10(11-5-7-14(23-2)8-6-11)19-17(20)15-12-3-4-13(9-12)16(15)18(21)22/h5-8,10,12-13,15-16H,3-4,9H2,1-2H3,(H,19,20)(H,21,22)/t10-,12-,13-,15+,16-/m0/s1. The Labute approximate surface area is 136 Å². The number of benzene rings is 1. The summed E-state index contributed by atoms with van der Waals surface area (Å²) >= 11 is 0. The molecule has 0 heterocycles. The van der Waals surface area contributed by atoms with Crippen molar-refractivity contribution in [2.75, 3.05) is 7.11 Å². The molecule has 2 bridgehead atoms. The van der Waals surface area contributed by atoms with Gasteiger partial charge in [0.25, 0.3) is 0 Å². The van der Waals surface area contributed by atoms with Crippen molar-refractivity contribution in [2.24, 2.45) is 23.7 Å². The lowest BCUT2D eigenvalue weighted by Crippen LogP contribution is -2.42. The number of ether oxygens (including phenoxy) is 1. The molecule has 0 radical (unpaired) electrons. The molecule has 0 spiro atoms. The van der Waals surface area contributed by atoms with E-state index in [1.807, 2.05) is 31.2 Å². The number of carboxylic acid groups (broad SMARTS) is 1. The van der Waals surface area contributed by atoms with E-state index < -0.39 is 11.9 Å². The van der Waals surface area contributed by atoms with Gasteiger partial charge >= 0.3 is 5.97 Å². The molecular formula is C18H23NO4. The average molecular weight is 317 g/mol. The number of nitrogens with one attached hydrogen (secondary N) is 1. The number of aliphatic carboxylic acids is 1. The number of carbonyl (C=O) groups is 2. The molecule has 0 unspecified atom stereocenters. The molecule has 1 aromatic rings. The first kappa shape index (κ1) is 15.8. The number of fused-ring (bicyclic) bond motifs is 2. The van der Waals surface area contributed by atoms with Crippen molar-refractivity contribution in [3.05, 3.63) is 29.8 Å². The topological polar surface area (TPSA) is 75.6 Å². The van der Waals surface area contributed by atoms with Gasteiger partial charge in [-0.2, -0.15) is 0 Å². The molecule has 2 aliphatic carbocycles. The highest BCUT2D eigenvalue weighted by molar-refractivity contribution is 5.86. The predicted molar refractivity (Wildman–Crippen MR) is 85.0 cm³/mol. The van der Waals surface area contributed by atoms with Crippen LogP contribution in [0.15, 0.2) is 24.3 Å². The normalized spacial score (nSPS) is 30.0. The minimum absolute atomic E-state index is 0.118. The fraction of sp³-hybridized carbons (Fsp3) is 0.556. The van der Waals surface area contributed by atoms with Crippen LogP contribution in [0.1, 0.15) is 37.8 Å². The van der Waals surface area contributed by atoms with E-state index in [0.717, 1.165) is 30.6 Å². The average Bonchev–Trinajstić information content (AvgIpc) is 3.15. The molecule has 2 saturated carbocycles. The molecule has 0 aromatic heterocycles. The van der Waals surface area contributed by atoms with Crippen molar-refractivity contribution >= 4 is 11.9 Å². The monoisotopic (exact) mass is 317 g/mol. The third kappa shape index (κ3) is 2.92. The first-order valence-electron chi connectivity index (χ1n) is 8.18. The lowest BCUT2D eigenvalue weighted by molar-refractivity contribution is -0.149.